The normalized spacial score (nSPS) is 13.5. The molecule has 6 rings (SSSR count). The highest BCUT2D eigenvalue weighted by Crippen LogP contribution is 2.37. The number of aryl methyl sites for hydroxylation is 2. The molecule has 0 spiro atoms. The van der Waals surface area contributed by atoms with Crippen LogP contribution in [0.2, 0.25) is 5.02 Å². The van der Waals surface area contributed by atoms with Crippen molar-refractivity contribution in [2.45, 2.75) is 45.8 Å². The third-order valence-electron chi connectivity index (χ3n) is 8.83. The molecule has 1 fully saturated rings. The van der Waals surface area contributed by atoms with Crippen LogP contribution in [0.15, 0.2) is 109 Å². The van der Waals surface area contributed by atoms with E-state index in [2.05, 4.69) is 58.5 Å². The van der Waals surface area contributed by atoms with Gasteiger partial charge in [0.15, 0.2) is 5.75 Å². The van der Waals surface area contributed by atoms with Crippen LogP contribution >= 0.6 is 11.6 Å². The Morgan fingerprint density at radius 1 is 0.902 bits per heavy atom. The number of rotatable bonds is 14. The van der Waals surface area contributed by atoms with E-state index in [-0.39, 0.29) is 5.82 Å². The van der Waals surface area contributed by atoms with Gasteiger partial charge in [-0.05, 0) is 104 Å². The molecule has 2 heterocycles. The van der Waals surface area contributed by atoms with Gasteiger partial charge in [-0.15, -0.1) is 0 Å². The predicted octanol–water partition coefficient (Wildman–Crippen LogP) is 9.60. The van der Waals surface area contributed by atoms with Gasteiger partial charge in [0.1, 0.15) is 30.2 Å². The summed E-state index contributed by atoms with van der Waals surface area (Å²) in [5.41, 5.74) is 7.04. The first-order valence-corrected chi connectivity index (χ1v) is 17.5. The molecule has 4 aromatic carbocycles. The molecule has 0 bridgehead atoms. The lowest BCUT2D eigenvalue weighted by atomic mass is 10.0. The molecule has 0 radical (unpaired) electrons. The van der Waals surface area contributed by atoms with Crippen molar-refractivity contribution in [3.8, 4) is 23.1 Å². The number of hydrogen-bond donors (Lipinski definition) is 1. The largest absolute Gasteiger partial charge is 0.493 e. The summed E-state index contributed by atoms with van der Waals surface area (Å²) < 4.78 is 30.8. The Labute approximate surface area is 303 Å². The monoisotopic (exact) mass is 705 g/mol. The molecule has 0 unspecified atom stereocenters. The molecule has 0 aliphatic carbocycles. The fraction of sp³-hybridized carbons (Fsp3) is 0.238. The van der Waals surface area contributed by atoms with Crippen LogP contribution in [0.3, 0.4) is 0 Å². The Hall–Kier alpha value is -5.34. The lowest BCUT2D eigenvalue weighted by molar-refractivity contribution is -0.104. The van der Waals surface area contributed by atoms with Gasteiger partial charge in [0, 0.05) is 49.1 Å². The Morgan fingerprint density at radius 2 is 1.61 bits per heavy atom. The first-order chi connectivity index (χ1) is 24.8. The molecule has 7 nitrogen and oxygen atoms in total. The fourth-order valence-electron chi connectivity index (χ4n) is 6.01. The summed E-state index contributed by atoms with van der Waals surface area (Å²) in [6.45, 7) is 6.53. The quantitative estimate of drug-likeness (QED) is 0.0911. The molecule has 9 heteroatoms. The number of nitrogens with zero attached hydrogens (tertiary/aromatic N) is 2. The Balaban J connectivity index is 1.00. The van der Waals surface area contributed by atoms with Crippen LogP contribution in [0, 0.1) is 19.7 Å². The zero-order valence-corrected chi connectivity index (χ0v) is 29.5. The number of ether oxygens (including phenoxy) is 3. The summed E-state index contributed by atoms with van der Waals surface area (Å²) in [6, 6.07) is 30.4. The molecule has 1 aromatic heterocycles. The number of piperidine rings is 1. The molecule has 1 saturated heterocycles. The van der Waals surface area contributed by atoms with E-state index in [9.17, 15) is 9.18 Å². The van der Waals surface area contributed by atoms with Gasteiger partial charge < -0.3 is 24.4 Å². The number of carbonyl (C=O) groups is 1. The van der Waals surface area contributed by atoms with E-state index in [1.54, 1.807) is 30.5 Å². The molecular weight excluding hydrogens is 665 g/mol. The number of aldehydes is 1. The Bertz CT molecular complexity index is 1900. The smallest absolute Gasteiger partial charge is 0.219 e. The molecule has 262 valence electrons. The van der Waals surface area contributed by atoms with E-state index in [1.807, 2.05) is 37.3 Å². The molecule has 0 amide bonds. The van der Waals surface area contributed by atoms with Gasteiger partial charge in [0.05, 0.1) is 17.8 Å². The highest BCUT2D eigenvalue weighted by atomic mass is 35.5. The Kier molecular flexibility index (Phi) is 11.9. The third kappa shape index (κ3) is 9.89. The topological polar surface area (TPSA) is 72.9 Å². The van der Waals surface area contributed by atoms with E-state index >= 15 is 0 Å². The highest BCUT2D eigenvalue weighted by molar-refractivity contribution is 6.32. The second kappa shape index (κ2) is 17.1. The number of halogens is 2. The Morgan fingerprint density at radius 3 is 2.27 bits per heavy atom. The first kappa shape index (κ1) is 35.5. The molecule has 1 N–H and O–H groups in total. The maximum atomic E-state index is 13.1. The molecule has 0 atom stereocenters. The van der Waals surface area contributed by atoms with Crippen LogP contribution < -0.4 is 19.5 Å². The minimum Gasteiger partial charge on any atom is -0.493 e. The van der Waals surface area contributed by atoms with Gasteiger partial charge in [-0.25, -0.2) is 9.37 Å². The minimum atomic E-state index is -0.275. The van der Waals surface area contributed by atoms with Crippen LogP contribution in [0.25, 0.3) is 5.70 Å². The number of nitrogens with one attached hydrogen (secondary N) is 1. The average Bonchev–Trinajstić information content (AvgIpc) is 3.14. The third-order valence-corrected chi connectivity index (χ3v) is 9.11. The van der Waals surface area contributed by atoms with Crippen molar-refractivity contribution in [3.05, 3.63) is 148 Å². The second-order valence-corrected chi connectivity index (χ2v) is 13.1. The van der Waals surface area contributed by atoms with Crippen LogP contribution in [0.1, 0.15) is 40.7 Å². The molecule has 5 aromatic rings. The zero-order valence-electron chi connectivity index (χ0n) is 28.8. The number of allylic oxidation sites excluding steroid dienone is 1. The van der Waals surface area contributed by atoms with Gasteiger partial charge in [-0.3, -0.25) is 4.79 Å². The average molecular weight is 706 g/mol. The minimum absolute atomic E-state index is 0.275. The van der Waals surface area contributed by atoms with Crippen molar-refractivity contribution in [1.82, 2.24) is 9.88 Å². The standard InChI is InChI=1S/C42H41ClFN3O4/c1-29-3-5-32(6-4-29)28-50-38-15-16-41(45-27-38)51-42-30(2)25-33(26-39(42)43)40(19-23-48)47-21-17-36(18-22-47)46-35-11-7-31(8-12-35)20-24-49-37-13-9-34(44)10-14-37/h3-16,19,23,25-27,36,46H,17-18,20-22,24,28H2,1-2H3/b40-19+. The van der Waals surface area contributed by atoms with Gasteiger partial charge in [-0.1, -0.05) is 53.6 Å². The summed E-state index contributed by atoms with van der Waals surface area (Å²) in [4.78, 5) is 18.4. The molecule has 51 heavy (non-hydrogen) atoms. The molecule has 1 aliphatic rings. The number of aromatic nitrogens is 1. The van der Waals surface area contributed by atoms with Gasteiger partial charge in [-0.2, -0.15) is 0 Å². The van der Waals surface area contributed by atoms with Gasteiger partial charge in [0.2, 0.25) is 5.88 Å². The molecule has 1 aliphatic heterocycles. The summed E-state index contributed by atoms with van der Waals surface area (Å²) in [6.07, 6.45) is 6.64. The lowest BCUT2D eigenvalue weighted by Gasteiger charge is -2.36. The van der Waals surface area contributed by atoms with Crippen LogP contribution in [-0.4, -0.2) is 41.9 Å². The first-order valence-electron chi connectivity index (χ1n) is 17.1. The number of pyridine rings is 1. The number of carbonyl (C=O) groups excluding carboxylic acids is 1. The van der Waals surface area contributed by atoms with E-state index in [0.717, 1.165) is 66.7 Å². The highest BCUT2D eigenvalue weighted by Gasteiger charge is 2.23. The van der Waals surface area contributed by atoms with Crippen molar-refractivity contribution in [3.63, 3.8) is 0 Å². The SMILES string of the molecule is Cc1ccc(COc2ccc(Oc3c(C)cc(/C(=C\C=O)N4CCC(Nc5ccc(CCOc6ccc(F)cc6)cc5)CC4)cc3Cl)nc2)cc1. The van der Waals surface area contributed by atoms with Crippen molar-refractivity contribution >= 4 is 29.3 Å². The summed E-state index contributed by atoms with van der Waals surface area (Å²) in [5.74, 6) is 1.94. The maximum absolute atomic E-state index is 13.1. The molecular formula is C42H41ClFN3O4. The van der Waals surface area contributed by atoms with E-state index in [4.69, 9.17) is 25.8 Å². The summed E-state index contributed by atoms with van der Waals surface area (Å²) >= 11 is 6.77. The summed E-state index contributed by atoms with van der Waals surface area (Å²) in [5, 5.41) is 4.10. The van der Waals surface area contributed by atoms with Crippen molar-refractivity contribution in [1.29, 1.82) is 0 Å². The van der Waals surface area contributed by atoms with Crippen LogP contribution in [0.4, 0.5) is 10.1 Å². The predicted molar refractivity (Wildman–Crippen MR) is 200 cm³/mol. The second-order valence-electron chi connectivity index (χ2n) is 12.7. The number of benzene rings is 4. The lowest BCUT2D eigenvalue weighted by Crippen LogP contribution is -2.38. The van der Waals surface area contributed by atoms with Crippen molar-refractivity contribution < 1.29 is 23.4 Å². The summed E-state index contributed by atoms with van der Waals surface area (Å²) in [7, 11) is 0. The number of anilines is 1. The van der Waals surface area contributed by atoms with E-state index in [0.29, 0.717) is 47.4 Å². The maximum Gasteiger partial charge on any atom is 0.219 e. The number of likely N-dealkylation sites (tertiary alicyclic amines) is 1. The van der Waals surface area contributed by atoms with Crippen molar-refractivity contribution in [2.75, 3.05) is 25.0 Å². The number of hydrogen-bond acceptors (Lipinski definition) is 7. The van der Waals surface area contributed by atoms with E-state index in [1.165, 1.54) is 23.3 Å². The zero-order chi connectivity index (χ0) is 35.6. The van der Waals surface area contributed by atoms with E-state index < -0.39 is 0 Å². The fourth-order valence-corrected chi connectivity index (χ4v) is 6.32. The molecule has 0 saturated carbocycles. The van der Waals surface area contributed by atoms with Gasteiger partial charge >= 0.3 is 0 Å². The van der Waals surface area contributed by atoms with Crippen LogP contribution in [0.5, 0.6) is 23.1 Å². The van der Waals surface area contributed by atoms with Crippen LogP contribution in [-0.2, 0) is 17.8 Å². The van der Waals surface area contributed by atoms with Crippen molar-refractivity contribution in [2.24, 2.45) is 0 Å². The van der Waals surface area contributed by atoms with Gasteiger partial charge in [0.25, 0.3) is 0 Å².